The lowest BCUT2D eigenvalue weighted by Crippen LogP contribution is -2.44. The second-order valence-corrected chi connectivity index (χ2v) is 10.5. The fourth-order valence-corrected chi connectivity index (χ4v) is 5.67. The summed E-state index contributed by atoms with van der Waals surface area (Å²) < 4.78 is 36.6. The summed E-state index contributed by atoms with van der Waals surface area (Å²) in [4.78, 5) is 25.8. The molecule has 13 heteroatoms. The minimum atomic E-state index is -3.94. The minimum absolute atomic E-state index is 0.0171. The van der Waals surface area contributed by atoms with Crippen LogP contribution < -0.4 is 10.1 Å². The summed E-state index contributed by atoms with van der Waals surface area (Å²) in [6.45, 7) is 2.44. The zero-order valence-corrected chi connectivity index (χ0v) is 20.5. The van der Waals surface area contributed by atoms with Crippen molar-refractivity contribution in [3.63, 3.8) is 0 Å². The number of methoxy groups -OCH3 is 1. The van der Waals surface area contributed by atoms with Crippen molar-refractivity contribution in [2.45, 2.75) is 37.9 Å². The van der Waals surface area contributed by atoms with Gasteiger partial charge in [0, 0.05) is 12.3 Å². The molecule has 0 aliphatic carbocycles. The molecule has 0 amide bonds. The first-order valence-electron chi connectivity index (χ1n) is 10.4. The van der Waals surface area contributed by atoms with E-state index in [4.69, 9.17) is 30.7 Å². The first-order chi connectivity index (χ1) is 16.0. The Morgan fingerprint density at radius 1 is 1.35 bits per heavy atom. The number of aliphatic hydroxyl groups is 2. The lowest BCUT2D eigenvalue weighted by atomic mass is 9.96. The van der Waals surface area contributed by atoms with Crippen LogP contribution in [0.25, 0.3) is 0 Å². The van der Waals surface area contributed by atoms with Crippen molar-refractivity contribution in [2.75, 3.05) is 19.9 Å². The zero-order valence-electron chi connectivity index (χ0n) is 18.8. The van der Waals surface area contributed by atoms with Crippen molar-refractivity contribution in [3.8, 4) is 5.75 Å². The van der Waals surface area contributed by atoms with Crippen LogP contribution in [0.2, 0.25) is 0 Å². The molecule has 0 bridgehead atoms. The van der Waals surface area contributed by atoms with Gasteiger partial charge in [-0.05, 0) is 31.3 Å². The van der Waals surface area contributed by atoms with Crippen molar-refractivity contribution in [1.82, 2.24) is 9.55 Å². The van der Waals surface area contributed by atoms with Crippen molar-refractivity contribution in [1.29, 1.82) is 0 Å². The topological polar surface area (TPSA) is 149 Å². The Balaban J connectivity index is 1.80. The Labute approximate surface area is 200 Å². The Kier molecular flexibility index (Phi) is 8.12. The van der Waals surface area contributed by atoms with Crippen LogP contribution in [-0.2, 0) is 23.4 Å². The molecule has 1 aliphatic rings. The molecule has 1 aliphatic heterocycles. The molecule has 186 valence electrons. The number of rotatable bonds is 9. The second-order valence-electron chi connectivity index (χ2n) is 8.13. The van der Waals surface area contributed by atoms with Gasteiger partial charge in [0.15, 0.2) is 11.0 Å². The molecule has 3 rings (SSSR count). The van der Waals surface area contributed by atoms with Crippen LogP contribution in [0.15, 0.2) is 47.4 Å². The number of carbonyl (C=O) groups excluding carboxylic acids is 1. The first-order valence-corrected chi connectivity index (χ1v) is 12.5. The molecule has 6 atom stereocenters. The van der Waals surface area contributed by atoms with Gasteiger partial charge in [0.05, 0.1) is 25.8 Å². The van der Waals surface area contributed by atoms with E-state index in [-0.39, 0.29) is 16.7 Å². The molecule has 3 N–H and O–H groups in total. The number of benzene rings is 1. The van der Waals surface area contributed by atoms with E-state index in [1.165, 1.54) is 37.8 Å². The van der Waals surface area contributed by atoms with Crippen molar-refractivity contribution >= 4 is 25.8 Å². The predicted octanol–water partition coefficient (Wildman–Crippen LogP) is 2.01. The highest BCUT2D eigenvalue weighted by Crippen LogP contribution is 2.51. The third kappa shape index (κ3) is 5.83. The lowest BCUT2D eigenvalue weighted by Gasteiger charge is -2.28. The molecular weight excluding hydrogens is 487 g/mol. The van der Waals surface area contributed by atoms with E-state index in [0.717, 1.165) is 0 Å². The van der Waals surface area contributed by atoms with Crippen LogP contribution in [-0.4, -0.2) is 63.4 Å². The van der Waals surface area contributed by atoms with Gasteiger partial charge in [-0.3, -0.25) is 23.7 Å². The van der Waals surface area contributed by atoms with Gasteiger partial charge in [-0.25, -0.2) is 4.57 Å². The molecule has 1 aromatic heterocycles. The van der Waals surface area contributed by atoms with Gasteiger partial charge >= 0.3 is 13.6 Å². The summed E-state index contributed by atoms with van der Waals surface area (Å²) in [6.07, 6.45) is -2.71. The summed E-state index contributed by atoms with van der Waals surface area (Å²) in [5.41, 5.74) is -2.26. The molecule has 0 spiro atoms. The number of aromatic nitrogens is 2. The van der Waals surface area contributed by atoms with Crippen LogP contribution in [0, 0.1) is 10.7 Å². The fourth-order valence-electron chi connectivity index (χ4n) is 3.55. The number of esters is 1. The van der Waals surface area contributed by atoms with Crippen molar-refractivity contribution in [3.05, 3.63) is 57.7 Å². The molecule has 1 saturated heterocycles. The number of aromatic amines is 1. The molecule has 0 saturated carbocycles. The number of carbonyl (C=O) groups is 1. The van der Waals surface area contributed by atoms with Gasteiger partial charge in [0.25, 0.3) is 5.56 Å². The third-order valence-corrected chi connectivity index (χ3v) is 7.72. The van der Waals surface area contributed by atoms with Crippen LogP contribution >= 0.6 is 19.8 Å². The number of hydrogen-bond donors (Lipinski definition) is 3. The maximum Gasteiger partial charge on any atom is 0.380 e. The third-order valence-electron chi connectivity index (χ3n) is 5.38. The number of nitrogens with zero attached hydrogens (tertiary/aromatic N) is 1. The second kappa shape index (κ2) is 10.5. The largest absolute Gasteiger partial charge is 0.469 e. The molecule has 11 nitrogen and oxygen atoms in total. The Morgan fingerprint density at radius 3 is 2.65 bits per heavy atom. The average Bonchev–Trinajstić information content (AvgIpc) is 3.01. The summed E-state index contributed by atoms with van der Waals surface area (Å²) in [5.74, 6) is -1.13. The zero-order chi connectivity index (χ0) is 25.1. The number of para-hydroxylation sites is 1. The monoisotopic (exact) mass is 514 g/mol. The van der Waals surface area contributed by atoms with Crippen molar-refractivity contribution < 1.29 is 38.1 Å². The number of hydrogen-bond acceptors (Lipinski definition) is 10. The normalized spacial score (nSPS) is 27.0. The molecular formula is C21H27N2O9PS. The summed E-state index contributed by atoms with van der Waals surface area (Å²) >= 11 is 5.13. The first kappa shape index (κ1) is 26.3. The Bertz CT molecular complexity index is 1170. The minimum Gasteiger partial charge on any atom is -0.469 e. The van der Waals surface area contributed by atoms with E-state index in [0.29, 0.717) is 0 Å². The van der Waals surface area contributed by atoms with Gasteiger partial charge < -0.3 is 24.2 Å². The highest BCUT2D eigenvalue weighted by atomic mass is 32.1. The summed E-state index contributed by atoms with van der Waals surface area (Å²) in [6, 6.07) is 9.48. The smallest absolute Gasteiger partial charge is 0.380 e. The lowest BCUT2D eigenvalue weighted by molar-refractivity contribution is -0.144. The average molecular weight is 514 g/mol. The molecule has 2 unspecified atom stereocenters. The quantitative estimate of drug-likeness (QED) is 0.258. The van der Waals surface area contributed by atoms with E-state index in [1.54, 1.807) is 30.3 Å². The number of nitrogens with one attached hydrogen (secondary N) is 1. The van der Waals surface area contributed by atoms with Crippen molar-refractivity contribution in [2.24, 2.45) is 5.92 Å². The number of H-pyrrole nitrogens is 1. The Hall–Kier alpha value is -2.34. The summed E-state index contributed by atoms with van der Waals surface area (Å²) in [5, 5.41) is 21.6. The van der Waals surface area contributed by atoms with Crippen LogP contribution in [0.4, 0.5) is 0 Å². The molecule has 0 radical (unpaired) electrons. The van der Waals surface area contributed by atoms with Crippen LogP contribution in [0.3, 0.4) is 0 Å². The molecule has 1 fully saturated rings. The summed E-state index contributed by atoms with van der Waals surface area (Å²) in [7, 11) is -2.72. The molecule has 2 heterocycles. The highest BCUT2D eigenvalue weighted by Gasteiger charge is 2.53. The maximum atomic E-state index is 13.6. The van der Waals surface area contributed by atoms with Gasteiger partial charge in [-0.2, -0.15) is 0 Å². The fraction of sp³-hybridized carbons (Fsp3) is 0.476. The Morgan fingerprint density at radius 2 is 2.03 bits per heavy atom. The predicted molar refractivity (Wildman–Crippen MR) is 123 cm³/mol. The number of aliphatic hydroxyl groups excluding tert-OH is 1. The highest BCUT2D eigenvalue weighted by molar-refractivity contribution is 7.71. The molecule has 34 heavy (non-hydrogen) atoms. The molecule has 1 aromatic carbocycles. The van der Waals surface area contributed by atoms with Gasteiger partial charge in [-0.1, -0.05) is 25.1 Å². The van der Waals surface area contributed by atoms with Gasteiger partial charge in [0.2, 0.25) is 0 Å². The van der Waals surface area contributed by atoms with E-state index in [2.05, 4.69) is 4.98 Å². The molecule has 2 aromatic rings. The van der Waals surface area contributed by atoms with E-state index < -0.39 is 55.7 Å². The van der Waals surface area contributed by atoms with Crippen LogP contribution in [0.1, 0.15) is 20.1 Å². The van der Waals surface area contributed by atoms with E-state index >= 15 is 0 Å². The maximum absolute atomic E-state index is 13.6. The van der Waals surface area contributed by atoms with E-state index in [1.807, 2.05) is 0 Å². The van der Waals surface area contributed by atoms with Gasteiger partial charge in [-0.15, -0.1) is 0 Å². The van der Waals surface area contributed by atoms with Crippen LogP contribution in [0.5, 0.6) is 5.75 Å². The van der Waals surface area contributed by atoms with E-state index in [9.17, 15) is 24.4 Å². The van der Waals surface area contributed by atoms with Gasteiger partial charge in [0.1, 0.15) is 23.6 Å². The SMILES string of the molecule is COC(=O)[C@H](C)CP(=O)(OC[C@H]1O[C@@H](n2ccc(=O)[nH]c2=S)C(C)(O)[C@H]1O)Oc1ccccc1. The number of ether oxygens (including phenoxy) is 2. The standard InChI is InChI=1S/C21H27N2O9PS/c1-13(18(26)29-3)12-33(28,32-14-7-5-4-6-8-14)30-11-15-17(25)21(2,27)19(31-15)23-10-9-16(24)22-20(23)34/h4-10,13,15,17,19,25,27H,11-12H2,1-3H3,(H,22,24,34)/t13-,15-,17+,19-,21?,33?/m1/s1.